The number of carboxylic acids is 1. The van der Waals surface area contributed by atoms with E-state index in [-0.39, 0.29) is 6.42 Å². The minimum absolute atomic E-state index is 0.163. The maximum absolute atomic E-state index is 10.6. The molecule has 0 fully saturated rings. The molecular formula is C13H13N2O3+. The maximum atomic E-state index is 10.6. The molecule has 0 radical (unpaired) electrons. The van der Waals surface area contributed by atoms with E-state index in [0.29, 0.717) is 13.0 Å². The summed E-state index contributed by atoms with van der Waals surface area (Å²) in [6, 6.07) is 8.03. The molecule has 2 heterocycles. The van der Waals surface area contributed by atoms with Gasteiger partial charge in [-0.1, -0.05) is 22.4 Å². The summed E-state index contributed by atoms with van der Waals surface area (Å²) in [7, 11) is 0. The number of pyridine rings is 1. The van der Waals surface area contributed by atoms with Gasteiger partial charge >= 0.3 is 5.97 Å². The van der Waals surface area contributed by atoms with Gasteiger partial charge in [-0.05, 0) is 23.4 Å². The minimum Gasteiger partial charge on any atom is -0.481 e. The largest absolute Gasteiger partial charge is 0.481 e. The Labute approximate surface area is 104 Å². The number of aryl methyl sites for hydroxylation is 1. The van der Waals surface area contributed by atoms with E-state index in [2.05, 4.69) is 5.59 Å². The molecule has 18 heavy (non-hydrogen) atoms. The van der Waals surface area contributed by atoms with Crippen LogP contribution >= 0.6 is 0 Å². The Bertz CT molecular complexity index is 625. The number of aromatic nitrogens is 1. The molecule has 5 heteroatoms. The van der Waals surface area contributed by atoms with Gasteiger partial charge in [0.25, 0.3) is 0 Å². The van der Waals surface area contributed by atoms with Crippen LogP contribution in [0.1, 0.15) is 17.7 Å². The summed E-state index contributed by atoms with van der Waals surface area (Å²) in [5.41, 5.74) is 4.91. The lowest BCUT2D eigenvalue weighted by atomic mass is 10.0. The van der Waals surface area contributed by atoms with Gasteiger partial charge in [-0.15, -0.1) is 0 Å². The van der Waals surface area contributed by atoms with Gasteiger partial charge in [0.05, 0.1) is 5.39 Å². The average Bonchev–Trinajstić information content (AvgIpc) is 2.84. The zero-order valence-electron chi connectivity index (χ0n) is 9.72. The molecule has 0 spiro atoms. The van der Waals surface area contributed by atoms with Crippen molar-refractivity contribution < 1.29 is 19.4 Å². The van der Waals surface area contributed by atoms with Crippen molar-refractivity contribution >= 4 is 16.7 Å². The predicted molar refractivity (Wildman–Crippen MR) is 64.2 cm³/mol. The Morgan fingerprint density at radius 3 is 3.17 bits per heavy atom. The van der Waals surface area contributed by atoms with Gasteiger partial charge in [-0.2, -0.15) is 0 Å². The lowest BCUT2D eigenvalue weighted by Gasteiger charge is -2.02. The van der Waals surface area contributed by atoms with Gasteiger partial charge < -0.3 is 5.11 Å². The third-order valence-corrected chi connectivity index (χ3v) is 3.12. The molecule has 0 saturated heterocycles. The van der Waals surface area contributed by atoms with Gasteiger partial charge in [0.2, 0.25) is 11.9 Å². The molecule has 0 unspecified atom stereocenters. The highest BCUT2D eigenvalue weighted by Crippen LogP contribution is 2.20. The molecule has 2 aromatic rings. The van der Waals surface area contributed by atoms with Crippen molar-refractivity contribution in [2.24, 2.45) is 0 Å². The highest BCUT2D eigenvalue weighted by atomic mass is 16.7. The summed E-state index contributed by atoms with van der Waals surface area (Å²) in [5, 5.41) is 10.9. The first-order valence-corrected chi connectivity index (χ1v) is 5.80. The Morgan fingerprint density at radius 2 is 2.33 bits per heavy atom. The molecule has 5 nitrogen and oxygen atoms in total. The first kappa shape index (κ1) is 11.0. The molecule has 92 valence electrons. The Morgan fingerprint density at radius 1 is 1.44 bits per heavy atom. The van der Waals surface area contributed by atoms with E-state index in [4.69, 9.17) is 9.94 Å². The van der Waals surface area contributed by atoms with Crippen LogP contribution in [0.3, 0.4) is 0 Å². The van der Waals surface area contributed by atoms with Crippen LogP contribution in [0, 0.1) is 0 Å². The fourth-order valence-corrected chi connectivity index (χ4v) is 2.20. The van der Waals surface area contributed by atoms with Crippen molar-refractivity contribution in [3.63, 3.8) is 0 Å². The number of aliphatic carboxylic acids is 1. The number of hydrogen-bond acceptors (Lipinski definition) is 3. The smallest absolute Gasteiger partial charge is 0.303 e. The molecule has 1 aliphatic heterocycles. The van der Waals surface area contributed by atoms with Crippen molar-refractivity contribution in [3.8, 4) is 0 Å². The van der Waals surface area contributed by atoms with Gasteiger partial charge in [0, 0.05) is 12.5 Å². The number of hydrogen-bond donors (Lipinski definition) is 2. The Kier molecular flexibility index (Phi) is 2.60. The highest BCUT2D eigenvalue weighted by Gasteiger charge is 2.22. The molecule has 2 N–H and O–H groups in total. The van der Waals surface area contributed by atoms with E-state index in [1.807, 2.05) is 35.1 Å². The lowest BCUT2D eigenvalue weighted by molar-refractivity contribution is -0.663. The summed E-state index contributed by atoms with van der Waals surface area (Å²) in [5.74, 6) is -0.766. The fourth-order valence-electron chi connectivity index (χ4n) is 2.20. The molecule has 1 aromatic heterocycles. The second-order valence-electron chi connectivity index (χ2n) is 4.33. The summed E-state index contributed by atoms with van der Waals surface area (Å²) in [6.07, 6.45) is 2.63. The number of benzene rings is 1. The third kappa shape index (κ3) is 1.89. The van der Waals surface area contributed by atoms with Gasteiger partial charge in [0.1, 0.15) is 0 Å². The van der Waals surface area contributed by atoms with Crippen molar-refractivity contribution in [1.29, 1.82) is 0 Å². The van der Waals surface area contributed by atoms with Crippen molar-refractivity contribution in [1.82, 2.24) is 0 Å². The zero-order chi connectivity index (χ0) is 12.5. The standard InChI is InChI=1S/C13H12N2O3/c16-13(17)4-2-9-1-3-11-10(7-9)5-6-15-12(11)8-18-14-15/h1,3,5-7,14H,2,4,8H2/p+1. The van der Waals surface area contributed by atoms with Gasteiger partial charge in [0.15, 0.2) is 6.61 Å². The molecule has 1 aliphatic rings. The predicted octanol–water partition coefficient (Wildman–Crippen LogP) is 1.13. The Hall–Kier alpha value is -2.14. The molecule has 0 aliphatic carbocycles. The topological polar surface area (TPSA) is 62.4 Å². The molecule has 3 rings (SSSR count). The van der Waals surface area contributed by atoms with E-state index >= 15 is 0 Å². The van der Waals surface area contributed by atoms with Gasteiger partial charge in [-0.25, -0.2) is 4.84 Å². The number of rotatable bonds is 3. The average molecular weight is 245 g/mol. The van der Waals surface area contributed by atoms with Crippen molar-refractivity contribution in [2.75, 3.05) is 5.59 Å². The van der Waals surface area contributed by atoms with Crippen LogP contribution in [0.15, 0.2) is 30.5 Å². The van der Waals surface area contributed by atoms with Crippen LogP contribution in [0.5, 0.6) is 0 Å². The molecule has 0 bridgehead atoms. The summed E-state index contributed by atoms with van der Waals surface area (Å²) < 4.78 is 1.85. The molecule has 0 saturated carbocycles. The quantitative estimate of drug-likeness (QED) is 0.796. The summed E-state index contributed by atoms with van der Waals surface area (Å²) in [4.78, 5) is 15.7. The first-order valence-electron chi connectivity index (χ1n) is 5.80. The van der Waals surface area contributed by atoms with Gasteiger partial charge in [-0.3, -0.25) is 4.79 Å². The molecule has 1 aromatic carbocycles. The lowest BCUT2D eigenvalue weighted by Crippen LogP contribution is -2.41. The number of nitrogens with zero attached hydrogens (tertiary/aromatic N) is 1. The van der Waals surface area contributed by atoms with Crippen LogP contribution in [0.2, 0.25) is 0 Å². The monoisotopic (exact) mass is 245 g/mol. The van der Waals surface area contributed by atoms with Crippen LogP contribution in [0.25, 0.3) is 10.8 Å². The van der Waals surface area contributed by atoms with E-state index in [9.17, 15) is 4.79 Å². The fraction of sp³-hybridized carbons (Fsp3) is 0.231. The zero-order valence-corrected chi connectivity index (χ0v) is 9.72. The van der Waals surface area contributed by atoms with Crippen LogP contribution < -0.4 is 10.3 Å². The number of carbonyl (C=O) groups is 1. The van der Waals surface area contributed by atoms with Crippen LogP contribution in [-0.4, -0.2) is 11.1 Å². The maximum Gasteiger partial charge on any atom is 0.303 e. The first-order chi connectivity index (χ1) is 8.74. The summed E-state index contributed by atoms with van der Waals surface area (Å²) in [6.45, 7) is 0.534. The Balaban J connectivity index is 1.98. The van der Waals surface area contributed by atoms with Crippen LogP contribution in [0.4, 0.5) is 0 Å². The van der Waals surface area contributed by atoms with Crippen molar-refractivity contribution in [3.05, 3.63) is 41.7 Å². The SMILES string of the molecule is O=C(O)CCc1ccc2c3[n+](ccc2c1)NOC3. The van der Waals surface area contributed by atoms with E-state index in [1.165, 1.54) is 0 Å². The number of fused-ring (bicyclic) bond motifs is 3. The van der Waals surface area contributed by atoms with E-state index in [0.717, 1.165) is 22.0 Å². The van der Waals surface area contributed by atoms with Crippen LogP contribution in [-0.2, 0) is 22.7 Å². The number of nitrogens with one attached hydrogen (secondary N) is 1. The minimum atomic E-state index is -0.766. The van der Waals surface area contributed by atoms with E-state index in [1.54, 1.807) is 0 Å². The molecular weight excluding hydrogens is 232 g/mol. The second kappa shape index (κ2) is 4.27. The third-order valence-electron chi connectivity index (χ3n) is 3.12. The highest BCUT2D eigenvalue weighted by molar-refractivity contribution is 5.84. The number of carboxylic acid groups (broad SMARTS) is 1. The molecule has 0 atom stereocenters. The van der Waals surface area contributed by atoms with Crippen molar-refractivity contribution in [2.45, 2.75) is 19.4 Å². The second-order valence-corrected chi connectivity index (χ2v) is 4.33. The molecule has 0 amide bonds. The normalized spacial score (nSPS) is 13.3. The van der Waals surface area contributed by atoms with E-state index < -0.39 is 5.97 Å². The summed E-state index contributed by atoms with van der Waals surface area (Å²) >= 11 is 0.